The van der Waals surface area contributed by atoms with Crippen molar-refractivity contribution in [2.75, 3.05) is 10.1 Å². The molecule has 0 aliphatic rings. The van der Waals surface area contributed by atoms with Crippen molar-refractivity contribution in [1.29, 1.82) is 0 Å². The molecule has 2 aromatic rings. The number of nitrogens with one attached hydrogen (secondary N) is 2. The van der Waals surface area contributed by atoms with Crippen molar-refractivity contribution in [2.45, 2.75) is 4.90 Å². The number of halogens is 2. The lowest BCUT2D eigenvalue weighted by molar-refractivity contribution is 0.601. The number of hydrazine groups is 1. The smallest absolute Gasteiger partial charge is 0.262 e. The van der Waals surface area contributed by atoms with Gasteiger partial charge < -0.3 is 5.43 Å². The lowest BCUT2D eigenvalue weighted by Gasteiger charge is -2.10. The first-order valence-electron chi connectivity index (χ1n) is 5.33. The van der Waals surface area contributed by atoms with Crippen molar-refractivity contribution < 1.29 is 8.42 Å². The minimum Gasteiger partial charge on any atom is -0.308 e. The number of sulfonamides is 1. The highest BCUT2D eigenvalue weighted by Crippen LogP contribution is 2.28. The predicted octanol–water partition coefficient (Wildman–Crippen LogP) is 2.69. The maximum atomic E-state index is 12.3. The summed E-state index contributed by atoms with van der Waals surface area (Å²) in [4.78, 5) is 3.93. The number of anilines is 2. The molecule has 106 valence electrons. The second-order valence-corrected chi connectivity index (χ2v) is 7.20. The molecular weight excluding hydrogens is 412 g/mol. The molecule has 2 rings (SSSR count). The van der Waals surface area contributed by atoms with Crippen molar-refractivity contribution in [3.8, 4) is 0 Å². The van der Waals surface area contributed by atoms with Crippen LogP contribution < -0.4 is 16.0 Å². The number of nitrogens with zero attached hydrogens (tertiary/aromatic N) is 1. The Morgan fingerprint density at radius 2 is 1.90 bits per heavy atom. The molecule has 0 saturated carbocycles. The molecule has 20 heavy (non-hydrogen) atoms. The van der Waals surface area contributed by atoms with Gasteiger partial charge in [0.15, 0.2) is 0 Å². The van der Waals surface area contributed by atoms with Crippen LogP contribution in [-0.2, 0) is 10.0 Å². The van der Waals surface area contributed by atoms with Crippen molar-refractivity contribution in [3.05, 3.63) is 45.5 Å². The third-order valence-corrected chi connectivity index (χ3v) is 4.91. The molecule has 0 saturated heterocycles. The quantitative estimate of drug-likeness (QED) is 0.520. The summed E-state index contributed by atoms with van der Waals surface area (Å²) >= 11 is 6.58. The Morgan fingerprint density at radius 3 is 2.60 bits per heavy atom. The molecule has 0 radical (unpaired) electrons. The van der Waals surface area contributed by atoms with Gasteiger partial charge in [-0.2, -0.15) is 0 Å². The van der Waals surface area contributed by atoms with Crippen LogP contribution in [0.5, 0.6) is 0 Å². The Morgan fingerprint density at radius 1 is 1.15 bits per heavy atom. The third-order valence-electron chi connectivity index (χ3n) is 2.36. The van der Waals surface area contributed by atoms with E-state index in [1.807, 2.05) is 0 Å². The molecule has 0 fully saturated rings. The van der Waals surface area contributed by atoms with Crippen LogP contribution in [0, 0.1) is 0 Å². The van der Waals surface area contributed by atoms with Crippen molar-refractivity contribution in [3.63, 3.8) is 0 Å². The zero-order valence-corrected chi connectivity index (χ0v) is 14.0. The van der Waals surface area contributed by atoms with E-state index in [2.05, 4.69) is 47.0 Å². The number of pyridine rings is 1. The van der Waals surface area contributed by atoms with E-state index in [4.69, 9.17) is 5.84 Å². The van der Waals surface area contributed by atoms with Crippen LogP contribution in [0.3, 0.4) is 0 Å². The Kier molecular flexibility index (Phi) is 4.63. The van der Waals surface area contributed by atoms with Gasteiger partial charge >= 0.3 is 0 Å². The molecule has 9 heteroatoms. The summed E-state index contributed by atoms with van der Waals surface area (Å²) in [6.45, 7) is 0. The maximum absolute atomic E-state index is 12.3. The number of benzene rings is 1. The first kappa shape index (κ1) is 15.2. The van der Waals surface area contributed by atoms with Gasteiger partial charge in [0.1, 0.15) is 5.82 Å². The number of hydrogen-bond donors (Lipinski definition) is 3. The van der Waals surface area contributed by atoms with Gasteiger partial charge in [-0.05, 0) is 40.2 Å². The lowest BCUT2D eigenvalue weighted by atomic mass is 10.3. The first-order valence-corrected chi connectivity index (χ1v) is 8.40. The third kappa shape index (κ3) is 3.48. The normalized spacial score (nSPS) is 11.2. The number of aromatic nitrogens is 1. The highest BCUT2D eigenvalue weighted by molar-refractivity contribution is 9.11. The van der Waals surface area contributed by atoms with E-state index in [9.17, 15) is 8.42 Å². The Hall–Kier alpha value is -1.16. The van der Waals surface area contributed by atoms with Gasteiger partial charge in [-0.15, -0.1) is 0 Å². The fraction of sp³-hybridized carbons (Fsp3) is 0. The molecular formula is C11H10Br2N4O2S. The van der Waals surface area contributed by atoms with Gasteiger partial charge in [-0.1, -0.05) is 15.9 Å². The highest BCUT2D eigenvalue weighted by atomic mass is 79.9. The molecule has 0 unspecified atom stereocenters. The number of nitrogen functional groups attached to an aromatic ring is 1. The molecule has 0 atom stereocenters. The topological polar surface area (TPSA) is 97.1 Å². The van der Waals surface area contributed by atoms with Crippen molar-refractivity contribution in [1.82, 2.24) is 4.98 Å². The summed E-state index contributed by atoms with van der Waals surface area (Å²) in [5.74, 6) is 5.48. The van der Waals surface area contributed by atoms with Crippen LogP contribution in [0.25, 0.3) is 0 Å². The standard InChI is InChI=1S/C11H10Br2N4O2S/c12-7-1-2-9(13)10(5-7)17-20(18,19)8-3-4-15-11(6-8)16-14/h1-6,17H,14H2,(H,15,16). The fourth-order valence-electron chi connectivity index (χ4n) is 1.44. The van der Waals surface area contributed by atoms with Gasteiger partial charge in [0.25, 0.3) is 10.0 Å². The second kappa shape index (κ2) is 6.08. The average molecular weight is 422 g/mol. The molecule has 1 aromatic heterocycles. The molecule has 0 aliphatic heterocycles. The van der Waals surface area contributed by atoms with Crippen LogP contribution in [0.1, 0.15) is 0 Å². The zero-order valence-electron chi connectivity index (χ0n) is 9.97. The molecule has 0 spiro atoms. The Balaban J connectivity index is 2.38. The SMILES string of the molecule is NNc1cc(S(=O)(=O)Nc2cc(Br)ccc2Br)ccn1. The fourth-order valence-corrected chi connectivity index (χ4v) is 3.36. The molecule has 1 heterocycles. The number of rotatable bonds is 4. The summed E-state index contributed by atoms with van der Waals surface area (Å²) in [6.07, 6.45) is 1.36. The second-order valence-electron chi connectivity index (χ2n) is 3.75. The molecule has 0 amide bonds. The number of nitrogens with two attached hydrogens (primary N) is 1. The van der Waals surface area contributed by atoms with Gasteiger partial charge in [0.2, 0.25) is 0 Å². The van der Waals surface area contributed by atoms with E-state index in [1.54, 1.807) is 18.2 Å². The lowest BCUT2D eigenvalue weighted by Crippen LogP contribution is -2.15. The van der Waals surface area contributed by atoms with Crippen LogP contribution in [0.15, 0.2) is 50.4 Å². The van der Waals surface area contributed by atoms with E-state index in [0.717, 1.165) is 4.47 Å². The minimum absolute atomic E-state index is 0.0623. The van der Waals surface area contributed by atoms with Gasteiger partial charge in [0, 0.05) is 21.2 Å². The van der Waals surface area contributed by atoms with E-state index in [0.29, 0.717) is 10.2 Å². The summed E-state index contributed by atoms with van der Waals surface area (Å²) in [5, 5.41) is 0. The summed E-state index contributed by atoms with van der Waals surface area (Å²) in [7, 11) is -3.72. The molecule has 0 aliphatic carbocycles. The maximum Gasteiger partial charge on any atom is 0.262 e. The van der Waals surface area contributed by atoms with Crippen LogP contribution in [0.4, 0.5) is 11.5 Å². The van der Waals surface area contributed by atoms with Gasteiger partial charge in [-0.3, -0.25) is 4.72 Å². The number of hydrogen-bond acceptors (Lipinski definition) is 5. The van der Waals surface area contributed by atoms with Gasteiger partial charge in [0.05, 0.1) is 10.6 Å². The van der Waals surface area contributed by atoms with Crippen molar-refractivity contribution >= 4 is 53.4 Å². The summed E-state index contributed by atoms with van der Waals surface area (Å²) in [6, 6.07) is 7.92. The van der Waals surface area contributed by atoms with Crippen LogP contribution in [-0.4, -0.2) is 13.4 Å². The Labute approximate surface area is 133 Å². The largest absolute Gasteiger partial charge is 0.308 e. The van der Waals surface area contributed by atoms with Gasteiger partial charge in [-0.25, -0.2) is 19.2 Å². The molecule has 1 aromatic carbocycles. The van der Waals surface area contributed by atoms with Crippen LogP contribution in [0.2, 0.25) is 0 Å². The molecule has 6 nitrogen and oxygen atoms in total. The monoisotopic (exact) mass is 420 g/mol. The zero-order chi connectivity index (χ0) is 14.8. The van der Waals surface area contributed by atoms with E-state index < -0.39 is 10.0 Å². The average Bonchev–Trinajstić information content (AvgIpc) is 2.43. The summed E-state index contributed by atoms with van der Waals surface area (Å²) in [5.41, 5.74) is 2.73. The first-order chi connectivity index (χ1) is 9.42. The molecule has 0 bridgehead atoms. The predicted molar refractivity (Wildman–Crippen MR) is 84.7 cm³/mol. The van der Waals surface area contributed by atoms with E-state index >= 15 is 0 Å². The Bertz CT molecular complexity index is 737. The highest BCUT2D eigenvalue weighted by Gasteiger charge is 2.16. The van der Waals surface area contributed by atoms with E-state index in [-0.39, 0.29) is 10.7 Å². The van der Waals surface area contributed by atoms with Crippen molar-refractivity contribution in [2.24, 2.45) is 5.84 Å². The van der Waals surface area contributed by atoms with Crippen LogP contribution >= 0.6 is 31.9 Å². The molecule has 4 N–H and O–H groups in total. The minimum atomic E-state index is -3.72. The summed E-state index contributed by atoms with van der Waals surface area (Å²) < 4.78 is 28.5. The van der Waals surface area contributed by atoms with E-state index in [1.165, 1.54) is 18.3 Å².